The topological polar surface area (TPSA) is 103 Å². The van der Waals surface area contributed by atoms with E-state index in [0.717, 1.165) is 22.4 Å². The summed E-state index contributed by atoms with van der Waals surface area (Å²) in [4.78, 5) is 17.8. The summed E-state index contributed by atoms with van der Waals surface area (Å²) in [7, 11) is -1.56. The number of nitrogens with one attached hydrogen (secondary N) is 1. The second kappa shape index (κ2) is 11.6. The summed E-state index contributed by atoms with van der Waals surface area (Å²) in [5.74, 6) is 0.620. The van der Waals surface area contributed by atoms with E-state index in [4.69, 9.17) is 9.84 Å². The number of aromatic nitrogens is 3. The lowest BCUT2D eigenvalue weighted by molar-refractivity contribution is 0.102. The Balaban J connectivity index is 1.42. The summed E-state index contributed by atoms with van der Waals surface area (Å²) in [6.07, 6.45) is 2.70. The van der Waals surface area contributed by atoms with Gasteiger partial charge >= 0.3 is 0 Å². The third kappa shape index (κ3) is 5.82. The van der Waals surface area contributed by atoms with Crippen molar-refractivity contribution in [1.29, 1.82) is 0 Å². The Kier molecular flexibility index (Phi) is 7.58. The lowest BCUT2D eigenvalue weighted by Gasteiger charge is -2.15. The van der Waals surface area contributed by atoms with Crippen LogP contribution in [0.15, 0.2) is 103 Å². The van der Waals surface area contributed by atoms with Crippen molar-refractivity contribution in [2.24, 2.45) is 0 Å². The molecule has 5 aromatic rings. The Labute approximate surface area is 244 Å². The van der Waals surface area contributed by atoms with Gasteiger partial charge in [0.25, 0.3) is 5.91 Å². The molecular formula is C33H30N4O4S. The van der Waals surface area contributed by atoms with Crippen LogP contribution in [0.4, 0.5) is 5.69 Å². The maximum atomic E-state index is 13.2. The van der Waals surface area contributed by atoms with E-state index in [1.54, 1.807) is 25.4 Å². The molecule has 8 nitrogen and oxygen atoms in total. The highest BCUT2D eigenvalue weighted by atomic mass is 32.2. The number of benzene rings is 3. The number of nitrogens with zero attached hydrogens (tertiary/aromatic N) is 3. The minimum Gasteiger partial charge on any atom is -0.497 e. The molecule has 212 valence electrons. The predicted octanol–water partition coefficient (Wildman–Crippen LogP) is 5.82. The molecule has 1 atom stereocenters. The summed E-state index contributed by atoms with van der Waals surface area (Å²) in [5.41, 5.74) is 6.21. The van der Waals surface area contributed by atoms with E-state index < -0.39 is 9.84 Å². The number of carbonyl (C=O) groups excluding carboxylic acids is 1. The van der Waals surface area contributed by atoms with Gasteiger partial charge in [-0.25, -0.2) is 8.42 Å². The number of sulfone groups is 1. The highest BCUT2D eigenvalue weighted by Crippen LogP contribution is 2.37. The number of rotatable bonds is 8. The maximum Gasteiger partial charge on any atom is 0.255 e. The van der Waals surface area contributed by atoms with Crippen molar-refractivity contribution in [1.82, 2.24) is 14.8 Å². The lowest BCUT2D eigenvalue weighted by Crippen LogP contribution is -2.14. The van der Waals surface area contributed by atoms with Gasteiger partial charge in [-0.15, -0.1) is 0 Å². The number of amides is 1. The molecule has 1 unspecified atom stereocenters. The number of hydrogen-bond acceptors (Lipinski definition) is 6. The zero-order valence-corrected chi connectivity index (χ0v) is 23.9. The van der Waals surface area contributed by atoms with Gasteiger partial charge in [0, 0.05) is 41.1 Å². The molecule has 3 aromatic carbocycles. The molecule has 1 N–H and O–H groups in total. The van der Waals surface area contributed by atoms with Crippen LogP contribution in [-0.4, -0.2) is 47.7 Å². The van der Waals surface area contributed by atoms with E-state index in [1.165, 1.54) is 0 Å². The van der Waals surface area contributed by atoms with Crippen molar-refractivity contribution in [2.45, 2.75) is 18.9 Å². The first-order chi connectivity index (χ1) is 20.4. The second-order valence-corrected chi connectivity index (χ2v) is 12.6. The summed E-state index contributed by atoms with van der Waals surface area (Å²) < 4.78 is 32.1. The SMILES string of the molecule is COc1cccc(NC(=O)c2cccc(Cc3c(-c4ccccn4)nn(C4CCS(=O)(=O)C4)c3-c3ccccc3)c2)c1. The summed E-state index contributed by atoms with van der Waals surface area (Å²) in [5, 5.41) is 7.97. The highest BCUT2D eigenvalue weighted by molar-refractivity contribution is 7.91. The average molecular weight is 579 g/mol. The van der Waals surface area contributed by atoms with Gasteiger partial charge in [-0.3, -0.25) is 14.5 Å². The van der Waals surface area contributed by atoms with Gasteiger partial charge in [-0.1, -0.05) is 54.6 Å². The zero-order chi connectivity index (χ0) is 29.1. The van der Waals surface area contributed by atoms with Crippen LogP contribution in [0.25, 0.3) is 22.6 Å². The molecule has 9 heteroatoms. The fourth-order valence-electron chi connectivity index (χ4n) is 5.41. The zero-order valence-electron chi connectivity index (χ0n) is 23.1. The molecule has 0 spiro atoms. The predicted molar refractivity (Wildman–Crippen MR) is 163 cm³/mol. The summed E-state index contributed by atoms with van der Waals surface area (Å²) >= 11 is 0. The fraction of sp³-hybridized carbons (Fsp3) is 0.182. The molecule has 1 aliphatic heterocycles. The van der Waals surface area contributed by atoms with Gasteiger partial charge in [0.15, 0.2) is 9.84 Å². The van der Waals surface area contributed by atoms with Gasteiger partial charge in [0.1, 0.15) is 11.4 Å². The summed E-state index contributed by atoms with van der Waals surface area (Å²) in [6.45, 7) is 0. The Morgan fingerprint density at radius 3 is 2.52 bits per heavy atom. The van der Waals surface area contributed by atoms with Gasteiger partial charge < -0.3 is 10.1 Å². The molecule has 1 aliphatic rings. The van der Waals surface area contributed by atoms with E-state index in [9.17, 15) is 13.2 Å². The van der Waals surface area contributed by atoms with E-state index in [2.05, 4.69) is 10.3 Å². The molecule has 42 heavy (non-hydrogen) atoms. The van der Waals surface area contributed by atoms with Crippen molar-refractivity contribution >= 4 is 21.4 Å². The molecule has 1 amide bonds. The van der Waals surface area contributed by atoms with E-state index in [0.29, 0.717) is 41.2 Å². The molecule has 0 bridgehead atoms. The van der Waals surface area contributed by atoms with Crippen molar-refractivity contribution in [2.75, 3.05) is 23.9 Å². The Bertz CT molecular complexity index is 1840. The molecule has 1 saturated heterocycles. The smallest absolute Gasteiger partial charge is 0.255 e. The lowest BCUT2D eigenvalue weighted by atomic mass is 9.96. The molecule has 1 fully saturated rings. The van der Waals surface area contributed by atoms with E-state index in [1.807, 2.05) is 89.6 Å². The monoisotopic (exact) mass is 578 g/mol. The van der Waals surface area contributed by atoms with Crippen LogP contribution in [0.3, 0.4) is 0 Å². The van der Waals surface area contributed by atoms with Crippen LogP contribution in [-0.2, 0) is 16.3 Å². The molecule has 0 radical (unpaired) electrons. The van der Waals surface area contributed by atoms with Crippen LogP contribution < -0.4 is 10.1 Å². The van der Waals surface area contributed by atoms with E-state index >= 15 is 0 Å². The molecular weight excluding hydrogens is 548 g/mol. The molecule has 6 rings (SSSR count). The largest absolute Gasteiger partial charge is 0.497 e. The number of anilines is 1. The first-order valence-electron chi connectivity index (χ1n) is 13.7. The Morgan fingerprint density at radius 1 is 0.976 bits per heavy atom. The highest BCUT2D eigenvalue weighted by Gasteiger charge is 2.33. The van der Waals surface area contributed by atoms with Gasteiger partial charge in [-0.05, 0) is 48.4 Å². The van der Waals surface area contributed by atoms with Crippen LogP contribution in [0, 0.1) is 0 Å². The molecule has 2 aromatic heterocycles. The van der Waals surface area contributed by atoms with Gasteiger partial charge in [0.05, 0.1) is 36.0 Å². The van der Waals surface area contributed by atoms with Gasteiger partial charge in [0.2, 0.25) is 0 Å². The summed E-state index contributed by atoms with van der Waals surface area (Å²) in [6, 6.07) is 30.0. The number of ether oxygens (including phenoxy) is 1. The normalized spacial score (nSPS) is 15.8. The molecule has 0 aliphatic carbocycles. The third-order valence-corrected chi connectivity index (χ3v) is 9.17. The number of hydrogen-bond donors (Lipinski definition) is 1. The fourth-order valence-corrected chi connectivity index (χ4v) is 7.10. The second-order valence-electron chi connectivity index (χ2n) is 10.3. The Morgan fingerprint density at radius 2 is 1.79 bits per heavy atom. The third-order valence-electron chi connectivity index (χ3n) is 7.42. The molecule has 3 heterocycles. The van der Waals surface area contributed by atoms with Gasteiger partial charge in [-0.2, -0.15) is 5.10 Å². The first-order valence-corrected chi connectivity index (χ1v) is 15.6. The number of methoxy groups -OCH3 is 1. The first kappa shape index (κ1) is 27.4. The number of pyridine rings is 1. The minimum absolute atomic E-state index is 0.0511. The van der Waals surface area contributed by atoms with Crippen LogP contribution >= 0.6 is 0 Å². The average Bonchev–Trinajstić information content (AvgIpc) is 3.57. The maximum absolute atomic E-state index is 13.2. The number of carbonyl (C=O) groups is 1. The van der Waals surface area contributed by atoms with Crippen molar-refractivity contribution < 1.29 is 17.9 Å². The van der Waals surface area contributed by atoms with Crippen LogP contribution in [0.2, 0.25) is 0 Å². The minimum atomic E-state index is -3.14. The van der Waals surface area contributed by atoms with Crippen molar-refractivity contribution in [3.63, 3.8) is 0 Å². The van der Waals surface area contributed by atoms with Crippen molar-refractivity contribution in [3.05, 3.63) is 120 Å². The Hall–Kier alpha value is -4.76. The standard InChI is InChI=1S/C33H30N4O4S/c1-41-28-14-8-13-26(21-28)35-33(38)25-12-7-9-23(19-25)20-29-31(30-15-5-6-17-34-30)36-37(27-16-18-42(39,40)22-27)32(29)24-10-3-2-4-11-24/h2-15,17,19,21,27H,16,18,20,22H2,1H3,(H,35,38). The molecule has 0 saturated carbocycles. The van der Waals surface area contributed by atoms with Crippen LogP contribution in [0.1, 0.15) is 33.9 Å². The quantitative estimate of drug-likeness (QED) is 0.249. The van der Waals surface area contributed by atoms with E-state index in [-0.39, 0.29) is 23.5 Å². The van der Waals surface area contributed by atoms with Crippen LogP contribution in [0.5, 0.6) is 5.75 Å². The van der Waals surface area contributed by atoms with Crippen molar-refractivity contribution in [3.8, 4) is 28.4 Å².